The van der Waals surface area contributed by atoms with E-state index in [1.54, 1.807) is 0 Å². The lowest BCUT2D eigenvalue weighted by molar-refractivity contribution is -0.159. The molecule has 1 aromatic heterocycles. The molecule has 148 valence electrons. The smallest absolute Gasteiger partial charge is 0.414 e. The SMILES string of the molecule is CN1CCc2c1nc1ccccc1c2NC(=O)CNC1CC1.O=C(O)C(=O)O. The van der Waals surface area contributed by atoms with E-state index in [0.29, 0.717) is 12.6 Å². The first-order valence-corrected chi connectivity index (χ1v) is 8.99. The monoisotopic (exact) mass is 386 g/mol. The molecule has 4 N–H and O–H groups in total. The third-order valence-electron chi connectivity index (χ3n) is 4.61. The van der Waals surface area contributed by atoms with Crippen LogP contribution in [-0.2, 0) is 20.8 Å². The number of nitrogens with one attached hydrogen (secondary N) is 2. The summed E-state index contributed by atoms with van der Waals surface area (Å²) >= 11 is 0. The minimum absolute atomic E-state index is 0.0278. The van der Waals surface area contributed by atoms with Crippen LogP contribution in [0.4, 0.5) is 11.5 Å². The lowest BCUT2D eigenvalue weighted by Gasteiger charge is -2.16. The number of carbonyl (C=O) groups excluding carboxylic acids is 1. The minimum Gasteiger partial charge on any atom is -0.473 e. The van der Waals surface area contributed by atoms with Crippen molar-refractivity contribution in [2.24, 2.45) is 0 Å². The zero-order valence-electron chi connectivity index (χ0n) is 15.4. The summed E-state index contributed by atoms with van der Waals surface area (Å²) in [6, 6.07) is 8.55. The van der Waals surface area contributed by atoms with Crippen LogP contribution in [0, 0.1) is 0 Å². The van der Waals surface area contributed by atoms with Crippen molar-refractivity contribution in [2.75, 3.05) is 30.4 Å². The Morgan fingerprint density at radius 2 is 1.86 bits per heavy atom. The fraction of sp³-hybridized carbons (Fsp3) is 0.368. The Kier molecular flexibility index (Phi) is 5.74. The van der Waals surface area contributed by atoms with Gasteiger partial charge in [-0.2, -0.15) is 0 Å². The number of aromatic nitrogens is 1. The number of amides is 1. The first-order valence-electron chi connectivity index (χ1n) is 8.99. The third-order valence-corrected chi connectivity index (χ3v) is 4.61. The van der Waals surface area contributed by atoms with Gasteiger partial charge in [-0.3, -0.25) is 4.79 Å². The largest absolute Gasteiger partial charge is 0.473 e. The molecule has 0 saturated heterocycles. The standard InChI is InChI=1S/C17H20N4O.C2H2O4/c1-21-9-8-13-16(20-15(22)10-18-11-6-7-11)12-4-2-3-5-14(12)19-17(13)21;3-1(4)2(5)6/h2-5,11,18H,6-10H2,1H3,(H,19,20,22);(H,3,4)(H,5,6). The maximum Gasteiger partial charge on any atom is 0.414 e. The highest BCUT2D eigenvalue weighted by Crippen LogP contribution is 2.36. The van der Waals surface area contributed by atoms with Crippen LogP contribution in [0.3, 0.4) is 0 Å². The van der Waals surface area contributed by atoms with Gasteiger partial charge in [0.2, 0.25) is 5.91 Å². The zero-order valence-corrected chi connectivity index (χ0v) is 15.4. The number of nitrogens with zero attached hydrogens (tertiary/aromatic N) is 2. The highest BCUT2D eigenvalue weighted by Gasteiger charge is 2.25. The normalized spacial score (nSPS) is 14.8. The number of anilines is 2. The average molecular weight is 386 g/mol. The van der Waals surface area contributed by atoms with Gasteiger partial charge in [-0.1, -0.05) is 18.2 Å². The van der Waals surface area contributed by atoms with Crippen LogP contribution in [-0.4, -0.2) is 59.2 Å². The predicted octanol–water partition coefficient (Wildman–Crippen LogP) is 1.07. The Morgan fingerprint density at radius 3 is 2.50 bits per heavy atom. The molecular weight excluding hydrogens is 364 g/mol. The minimum atomic E-state index is -1.82. The number of carbonyl (C=O) groups is 3. The van der Waals surface area contributed by atoms with E-state index in [1.165, 1.54) is 12.8 Å². The predicted molar refractivity (Wildman–Crippen MR) is 104 cm³/mol. The summed E-state index contributed by atoms with van der Waals surface area (Å²) in [5.74, 6) is -2.63. The number of likely N-dealkylation sites (N-methyl/N-ethyl adjacent to an activating group) is 1. The molecule has 28 heavy (non-hydrogen) atoms. The topological polar surface area (TPSA) is 132 Å². The highest BCUT2D eigenvalue weighted by atomic mass is 16.4. The first-order chi connectivity index (χ1) is 13.4. The molecule has 1 fully saturated rings. The van der Waals surface area contributed by atoms with Gasteiger partial charge in [-0.05, 0) is 25.3 Å². The molecule has 9 nitrogen and oxygen atoms in total. The molecule has 0 unspecified atom stereocenters. The lowest BCUT2D eigenvalue weighted by atomic mass is 10.1. The number of para-hydroxylation sites is 1. The Balaban J connectivity index is 0.000000330. The molecule has 0 spiro atoms. The van der Waals surface area contributed by atoms with Crippen LogP contribution in [0.5, 0.6) is 0 Å². The number of hydrogen-bond donors (Lipinski definition) is 4. The molecule has 0 radical (unpaired) electrons. The number of hydrogen-bond acceptors (Lipinski definition) is 6. The molecule has 1 aliphatic heterocycles. The maximum atomic E-state index is 12.3. The van der Waals surface area contributed by atoms with Crippen LogP contribution in [0.25, 0.3) is 10.9 Å². The van der Waals surface area contributed by atoms with E-state index in [4.69, 9.17) is 24.8 Å². The summed E-state index contributed by atoms with van der Waals surface area (Å²) in [6.07, 6.45) is 3.30. The van der Waals surface area contributed by atoms with E-state index in [-0.39, 0.29) is 5.91 Å². The van der Waals surface area contributed by atoms with Gasteiger partial charge >= 0.3 is 11.9 Å². The van der Waals surface area contributed by atoms with E-state index in [2.05, 4.69) is 15.5 Å². The molecule has 4 rings (SSSR count). The van der Waals surface area contributed by atoms with E-state index >= 15 is 0 Å². The van der Waals surface area contributed by atoms with Gasteiger partial charge in [0.25, 0.3) is 0 Å². The molecule has 1 aliphatic carbocycles. The summed E-state index contributed by atoms with van der Waals surface area (Å²) in [4.78, 5) is 37.4. The number of pyridine rings is 1. The van der Waals surface area contributed by atoms with Crippen LogP contribution in [0.15, 0.2) is 24.3 Å². The molecule has 0 atom stereocenters. The van der Waals surface area contributed by atoms with Crippen molar-refractivity contribution in [1.82, 2.24) is 10.3 Å². The Labute approximate surface area is 161 Å². The Bertz CT molecular complexity index is 914. The molecule has 1 aromatic carbocycles. The van der Waals surface area contributed by atoms with Gasteiger partial charge in [0.1, 0.15) is 5.82 Å². The quantitative estimate of drug-likeness (QED) is 0.574. The van der Waals surface area contributed by atoms with Crippen molar-refractivity contribution < 1.29 is 24.6 Å². The number of carboxylic acids is 2. The van der Waals surface area contributed by atoms with Crippen LogP contribution in [0.1, 0.15) is 18.4 Å². The Morgan fingerprint density at radius 1 is 1.18 bits per heavy atom. The van der Waals surface area contributed by atoms with Crippen molar-refractivity contribution in [2.45, 2.75) is 25.3 Å². The van der Waals surface area contributed by atoms with E-state index in [1.807, 2.05) is 31.3 Å². The summed E-state index contributed by atoms with van der Waals surface area (Å²) in [7, 11) is 2.05. The van der Waals surface area contributed by atoms with Gasteiger partial charge < -0.3 is 25.7 Å². The van der Waals surface area contributed by atoms with Crippen molar-refractivity contribution in [1.29, 1.82) is 0 Å². The molecule has 2 aromatic rings. The van der Waals surface area contributed by atoms with Gasteiger partial charge in [-0.15, -0.1) is 0 Å². The van der Waals surface area contributed by atoms with Gasteiger partial charge in [-0.25, -0.2) is 14.6 Å². The summed E-state index contributed by atoms with van der Waals surface area (Å²) in [6.45, 7) is 1.33. The summed E-state index contributed by atoms with van der Waals surface area (Å²) < 4.78 is 0. The molecule has 1 amide bonds. The van der Waals surface area contributed by atoms with Crippen molar-refractivity contribution >= 4 is 40.3 Å². The number of benzene rings is 1. The zero-order chi connectivity index (χ0) is 20.3. The average Bonchev–Trinajstić information content (AvgIpc) is 3.43. The summed E-state index contributed by atoms with van der Waals surface area (Å²) in [5, 5.41) is 22.2. The number of fused-ring (bicyclic) bond motifs is 2. The van der Waals surface area contributed by atoms with E-state index < -0.39 is 11.9 Å². The molecular formula is C19H22N4O5. The fourth-order valence-electron chi connectivity index (χ4n) is 3.03. The van der Waals surface area contributed by atoms with Crippen LogP contribution < -0.4 is 15.5 Å². The van der Waals surface area contributed by atoms with Crippen molar-refractivity contribution in [3.8, 4) is 0 Å². The number of aliphatic carboxylic acids is 2. The van der Waals surface area contributed by atoms with E-state index in [0.717, 1.165) is 40.9 Å². The second kappa shape index (κ2) is 8.22. The van der Waals surface area contributed by atoms with Crippen molar-refractivity contribution in [3.63, 3.8) is 0 Å². The summed E-state index contributed by atoms with van der Waals surface area (Å²) in [5.41, 5.74) is 3.02. The Hall–Kier alpha value is -3.20. The maximum absolute atomic E-state index is 12.3. The van der Waals surface area contributed by atoms with Gasteiger partial charge in [0.15, 0.2) is 0 Å². The third kappa shape index (κ3) is 4.55. The van der Waals surface area contributed by atoms with Crippen LogP contribution in [0.2, 0.25) is 0 Å². The highest BCUT2D eigenvalue weighted by molar-refractivity contribution is 6.27. The number of carboxylic acid groups (broad SMARTS) is 2. The molecule has 1 saturated carbocycles. The molecule has 2 aliphatic rings. The number of rotatable bonds is 4. The molecule has 9 heteroatoms. The van der Waals surface area contributed by atoms with Gasteiger partial charge in [0, 0.05) is 30.6 Å². The first kappa shape index (κ1) is 19.6. The van der Waals surface area contributed by atoms with E-state index in [9.17, 15) is 4.79 Å². The molecule has 2 heterocycles. The molecule has 0 bridgehead atoms. The fourth-order valence-corrected chi connectivity index (χ4v) is 3.03. The van der Waals surface area contributed by atoms with Crippen LogP contribution >= 0.6 is 0 Å². The lowest BCUT2D eigenvalue weighted by Crippen LogP contribution is -2.29. The second-order valence-corrected chi connectivity index (χ2v) is 6.79. The van der Waals surface area contributed by atoms with Crippen molar-refractivity contribution in [3.05, 3.63) is 29.8 Å². The second-order valence-electron chi connectivity index (χ2n) is 6.79. The van der Waals surface area contributed by atoms with Gasteiger partial charge in [0.05, 0.1) is 17.7 Å².